The van der Waals surface area contributed by atoms with Crippen molar-refractivity contribution in [3.05, 3.63) is 10.0 Å². The molecule has 1 rings (SSSR count). The van der Waals surface area contributed by atoms with E-state index in [2.05, 4.69) is 35.6 Å². The number of aromatic nitrogens is 2. The van der Waals surface area contributed by atoms with Gasteiger partial charge in [-0.15, -0.1) is 21.5 Å². The Morgan fingerprint density at radius 3 is 2.71 bits per heavy atom. The Kier molecular flexibility index (Phi) is 5.44. The first-order valence-electron chi connectivity index (χ1n) is 4.76. The SMILES string of the molecule is CSCc1nnc(CCNC(C)C)s1. The van der Waals surface area contributed by atoms with Gasteiger partial charge in [-0.05, 0) is 6.26 Å². The average molecular weight is 231 g/mol. The quantitative estimate of drug-likeness (QED) is 0.812. The van der Waals surface area contributed by atoms with E-state index in [0.717, 1.165) is 28.7 Å². The molecule has 5 heteroatoms. The molecule has 0 bridgehead atoms. The van der Waals surface area contributed by atoms with E-state index in [9.17, 15) is 0 Å². The van der Waals surface area contributed by atoms with E-state index in [-0.39, 0.29) is 0 Å². The van der Waals surface area contributed by atoms with Gasteiger partial charge >= 0.3 is 0 Å². The second kappa shape index (κ2) is 6.37. The van der Waals surface area contributed by atoms with E-state index in [0.29, 0.717) is 6.04 Å². The zero-order valence-corrected chi connectivity index (χ0v) is 10.5. The van der Waals surface area contributed by atoms with Crippen LogP contribution in [0.3, 0.4) is 0 Å². The Morgan fingerprint density at radius 2 is 2.07 bits per heavy atom. The number of nitrogens with one attached hydrogen (secondary N) is 1. The fraction of sp³-hybridized carbons (Fsp3) is 0.778. The number of nitrogens with zero attached hydrogens (tertiary/aromatic N) is 2. The van der Waals surface area contributed by atoms with Crippen molar-refractivity contribution < 1.29 is 0 Å². The van der Waals surface area contributed by atoms with Crippen LogP contribution in [0, 0.1) is 0 Å². The van der Waals surface area contributed by atoms with Crippen molar-refractivity contribution in [3.8, 4) is 0 Å². The fourth-order valence-corrected chi connectivity index (χ4v) is 2.57. The summed E-state index contributed by atoms with van der Waals surface area (Å²) in [6, 6.07) is 0.550. The molecule has 80 valence electrons. The predicted octanol–water partition coefficient (Wildman–Crippen LogP) is 1.94. The van der Waals surface area contributed by atoms with Gasteiger partial charge in [-0.2, -0.15) is 11.8 Å². The lowest BCUT2D eigenvalue weighted by Gasteiger charge is -2.04. The van der Waals surface area contributed by atoms with Gasteiger partial charge < -0.3 is 5.32 Å². The van der Waals surface area contributed by atoms with Gasteiger partial charge in [-0.25, -0.2) is 0 Å². The predicted molar refractivity (Wildman–Crippen MR) is 64.0 cm³/mol. The lowest BCUT2D eigenvalue weighted by atomic mass is 10.3. The number of rotatable bonds is 6. The van der Waals surface area contributed by atoms with Crippen LogP contribution in [-0.4, -0.2) is 29.0 Å². The van der Waals surface area contributed by atoms with Crippen LogP contribution in [-0.2, 0) is 12.2 Å². The molecular formula is C9H17N3S2. The van der Waals surface area contributed by atoms with Gasteiger partial charge in [0.15, 0.2) is 0 Å². The number of hydrogen-bond donors (Lipinski definition) is 1. The highest BCUT2D eigenvalue weighted by atomic mass is 32.2. The van der Waals surface area contributed by atoms with Gasteiger partial charge in [0.05, 0.1) is 0 Å². The minimum Gasteiger partial charge on any atom is -0.314 e. The van der Waals surface area contributed by atoms with Crippen LogP contribution in [0.25, 0.3) is 0 Å². The van der Waals surface area contributed by atoms with Crippen molar-refractivity contribution >= 4 is 23.1 Å². The lowest BCUT2D eigenvalue weighted by Crippen LogP contribution is -2.24. The molecule has 1 aromatic rings. The first-order chi connectivity index (χ1) is 6.72. The summed E-state index contributed by atoms with van der Waals surface area (Å²) in [5.74, 6) is 0.981. The van der Waals surface area contributed by atoms with Crippen LogP contribution in [0.4, 0.5) is 0 Å². The van der Waals surface area contributed by atoms with Crippen LogP contribution >= 0.6 is 23.1 Å². The van der Waals surface area contributed by atoms with Crippen LogP contribution in [0.5, 0.6) is 0 Å². The molecule has 0 saturated carbocycles. The summed E-state index contributed by atoms with van der Waals surface area (Å²) in [5.41, 5.74) is 0. The van der Waals surface area contributed by atoms with Crippen molar-refractivity contribution in [2.24, 2.45) is 0 Å². The Balaban J connectivity index is 2.28. The molecule has 0 atom stereocenters. The molecule has 1 aromatic heterocycles. The second-order valence-electron chi connectivity index (χ2n) is 3.38. The molecular weight excluding hydrogens is 214 g/mol. The fourth-order valence-electron chi connectivity index (χ4n) is 1.04. The molecule has 0 amide bonds. The van der Waals surface area contributed by atoms with Crippen molar-refractivity contribution in [2.45, 2.75) is 32.1 Å². The highest BCUT2D eigenvalue weighted by Crippen LogP contribution is 2.14. The molecule has 14 heavy (non-hydrogen) atoms. The maximum absolute atomic E-state index is 4.15. The van der Waals surface area contributed by atoms with E-state index in [4.69, 9.17) is 0 Å². The van der Waals surface area contributed by atoms with Crippen LogP contribution < -0.4 is 5.32 Å². The van der Waals surface area contributed by atoms with Crippen molar-refractivity contribution in [2.75, 3.05) is 12.8 Å². The molecule has 0 spiro atoms. The van der Waals surface area contributed by atoms with Crippen molar-refractivity contribution in [3.63, 3.8) is 0 Å². The summed E-state index contributed by atoms with van der Waals surface area (Å²) in [5, 5.41) is 13.9. The van der Waals surface area contributed by atoms with E-state index in [1.807, 2.05) is 0 Å². The third kappa shape index (κ3) is 4.39. The first kappa shape index (κ1) is 11.9. The van der Waals surface area contributed by atoms with Crippen LogP contribution in [0.1, 0.15) is 23.9 Å². The molecule has 0 radical (unpaired) electrons. The smallest absolute Gasteiger partial charge is 0.127 e. The van der Waals surface area contributed by atoms with Crippen LogP contribution in [0.15, 0.2) is 0 Å². The van der Waals surface area contributed by atoms with Gasteiger partial charge in [-0.3, -0.25) is 0 Å². The maximum Gasteiger partial charge on any atom is 0.127 e. The zero-order chi connectivity index (χ0) is 10.4. The van der Waals surface area contributed by atoms with Gasteiger partial charge in [0, 0.05) is 24.8 Å². The molecule has 0 fully saturated rings. The summed E-state index contributed by atoms with van der Waals surface area (Å²) < 4.78 is 0. The van der Waals surface area contributed by atoms with Crippen LogP contribution in [0.2, 0.25) is 0 Å². The Labute approximate surface area is 93.7 Å². The summed E-state index contributed by atoms with van der Waals surface area (Å²) in [6.07, 6.45) is 3.08. The second-order valence-corrected chi connectivity index (χ2v) is 5.39. The Morgan fingerprint density at radius 1 is 1.36 bits per heavy atom. The zero-order valence-electron chi connectivity index (χ0n) is 8.91. The van der Waals surface area contributed by atoms with Gasteiger partial charge in [0.2, 0.25) is 0 Å². The Hall–Kier alpha value is -0.130. The minimum absolute atomic E-state index is 0.550. The standard InChI is InChI=1S/C9H17N3S2/c1-7(2)10-5-4-8-11-12-9(14-8)6-13-3/h7,10H,4-6H2,1-3H3. The molecule has 1 heterocycles. The summed E-state index contributed by atoms with van der Waals surface area (Å²) in [4.78, 5) is 0. The van der Waals surface area contributed by atoms with Gasteiger partial charge in [0.1, 0.15) is 10.0 Å². The maximum atomic E-state index is 4.15. The molecule has 0 aromatic carbocycles. The molecule has 3 nitrogen and oxygen atoms in total. The first-order valence-corrected chi connectivity index (χ1v) is 6.97. The Bertz CT molecular complexity index is 260. The van der Waals surface area contributed by atoms with E-state index in [1.54, 1.807) is 23.1 Å². The largest absolute Gasteiger partial charge is 0.314 e. The molecule has 0 saturated heterocycles. The topological polar surface area (TPSA) is 37.8 Å². The molecule has 0 aliphatic heterocycles. The average Bonchev–Trinajstić information content (AvgIpc) is 2.53. The summed E-state index contributed by atoms with van der Waals surface area (Å²) in [7, 11) is 0. The molecule has 0 unspecified atom stereocenters. The van der Waals surface area contributed by atoms with Crippen molar-refractivity contribution in [1.82, 2.24) is 15.5 Å². The summed E-state index contributed by atoms with van der Waals surface area (Å²) in [6.45, 7) is 5.30. The third-order valence-electron chi connectivity index (χ3n) is 1.67. The van der Waals surface area contributed by atoms with Gasteiger partial charge in [0.25, 0.3) is 0 Å². The third-order valence-corrected chi connectivity index (χ3v) is 3.40. The molecule has 0 aliphatic rings. The molecule has 0 aliphatic carbocycles. The minimum atomic E-state index is 0.550. The van der Waals surface area contributed by atoms with E-state index >= 15 is 0 Å². The van der Waals surface area contributed by atoms with Gasteiger partial charge in [-0.1, -0.05) is 13.8 Å². The molecule has 1 N–H and O–H groups in total. The van der Waals surface area contributed by atoms with E-state index in [1.165, 1.54) is 0 Å². The number of hydrogen-bond acceptors (Lipinski definition) is 5. The lowest BCUT2D eigenvalue weighted by molar-refractivity contribution is 0.588. The number of thioether (sulfide) groups is 1. The highest BCUT2D eigenvalue weighted by Gasteiger charge is 2.03. The normalized spacial score (nSPS) is 11.1. The monoisotopic (exact) mass is 231 g/mol. The highest BCUT2D eigenvalue weighted by molar-refractivity contribution is 7.97. The summed E-state index contributed by atoms with van der Waals surface area (Å²) >= 11 is 3.52. The van der Waals surface area contributed by atoms with E-state index < -0.39 is 0 Å². The van der Waals surface area contributed by atoms with Crippen molar-refractivity contribution in [1.29, 1.82) is 0 Å².